The third kappa shape index (κ3) is 4.28. The molecule has 1 aromatic carbocycles. The van der Waals surface area contributed by atoms with Crippen molar-refractivity contribution in [1.82, 2.24) is 15.1 Å². The Morgan fingerprint density at radius 1 is 1.19 bits per heavy atom. The van der Waals surface area contributed by atoms with Gasteiger partial charge in [-0.3, -0.25) is 4.90 Å². The van der Waals surface area contributed by atoms with Crippen LogP contribution in [0.5, 0.6) is 0 Å². The molecule has 1 aromatic rings. The second-order valence-corrected chi connectivity index (χ2v) is 7.37. The topological polar surface area (TPSA) is 18.5 Å². The van der Waals surface area contributed by atoms with Gasteiger partial charge in [0.1, 0.15) is 0 Å². The van der Waals surface area contributed by atoms with E-state index in [1.807, 2.05) is 0 Å². The van der Waals surface area contributed by atoms with Gasteiger partial charge < -0.3 is 10.2 Å². The predicted octanol–water partition coefficient (Wildman–Crippen LogP) is 2.14. The van der Waals surface area contributed by atoms with Crippen LogP contribution < -0.4 is 5.32 Å². The summed E-state index contributed by atoms with van der Waals surface area (Å²) in [7, 11) is 2.22. The normalized spacial score (nSPS) is 24.0. The van der Waals surface area contributed by atoms with Crippen molar-refractivity contribution in [2.24, 2.45) is 0 Å². The molecular formula is C17H26BrN3. The Morgan fingerprint density at radius 2 is 2.00 bits per heavy atom. The number of rotatable bonds is 4. The maximum absolute atomic E-state index is 3.77. The maximum Gasteiger partial charge on any atom is 0.0178 e. The van der Waals surface area contributed by atoms with Crippen LogP contribution in [0.3, 0.4) is 0 Å². The zero-order valence-electron chi connectivity index (χ0n) is 12.9. The molecule has 1 aliphatic carbocycles. The molecule has 1 unspecified atom stereocenters. The lowest BCUT2D eigenvalue weighted by molar-refractivity contribution is 0.153. The van der Waals surface area contributed by atoms with Crippen LogP contribution in [0.2, 0.25) is 0 Å². The fourth-order valence-electron chi connectivity index (χ4n) is 3.40. The van der Waals surface area contributed by atoms with Gasteiger partial charge in [-0.25, -0.2) is 0 Å². The summed E-state index contributed by atoms with van der Waals surface area (Å²) in [6.07, 6.45) is 3.67. The first-order valence-corrected chi connectivity index (χ1v) is 8.91. The second-order valence-electron chi connectivity index (χ2n) is 6.45. The largest absolute Gasteiger partial charge is 0.312 e. The number of fused-ring (bicyclic) bond motifs is 1. The summed E-state index contributed by atoms with van der Waals surface area (Å²) in [5, 5.41) is 3.77. The van der Waals surface area contributed by atoms with Crippen molar-refractivity contribution >= 4 is 15.9 Å². The Kier molecular flexibility index (Phi) is 5.33. The molecule has 116 valence electrons. The minimum atomic E-state index is 0.658. The van der Waals surface area contributed by atoms with Gasteiger partial charge in [-0.05, 0) is 49.6 Å². The Bertz CT molecular complexity index is 469. The van der Waals surface area contributed by atoms with Gasteiger partial charge >= 0.3 is 0 Å². The monoisotopic (exact) mass is 351 g/mol. The molecule has 1 atom stereocenters. The average molecular weight is 352 g/mol. The predicted molar refractivity (Wildman–Crippen MR) is 91.9 cm³/mol. The van der Waals surface area contributed by atoms with Crippen molar-refractivity contribution in [2.45, 2.75) is 25.3 Å². The number of nitrogens with one attached hydrogen (secondary N) is 1. The van der Waals surface area contributed by atoms with Gasteiger partial charge in [0, 0.05) is 49.8 Å². The molecule has 0 aromatic heterocycles. The van der Waals surface area contributed by atoms with E-state index in [-0.39, 0.29) is 0 Å². The van der Waals surface area contributed by atoms with E-state index in [0.29, 0.717) is 6.04 Å². The molecule has 0 saturated carbocycles. The van der Waals surface area contributed by atoms with Gasteiger partial charge in [-0.2, -0.15) is 0 Å². The van der Waals surface area contributed by atoms with E-state index >= 15 is 0 Å². The lowest BCUT2D eigenvalue weighted by atomic mass is 9.88. The van der Waals surface area contributed by atoms with Crippen LogP contribution >= 0.6 is 15.9 Å². The summed E-state index contributed by atoms with van der Waals surface area (Å²) in [4.78, 5) is 5.00. The van der Waals surface area contributed by atoms with Gasteiger partial charge in [0.2, 0.25) is 0 Å². The molecule has 3 rings (SSSR count). The number of piperazine rings is 1. The van der Waals surface area contributed by atoms with E-state index in [2.05, 4.69) is 56.3 Å². The van der Waals surface area contributed by atoms with Crippen molar-refractivity contribution < 1.29 is 0 Å². The Labute approximate surface area is 136 Å². The molecule has 1 saturated heterocycles. The van der Waals surface area contributed by atoms with Crippen LogP contribution in [0.1, 0.15) is 17.5 Å². The summed E-state index contributed by atoms with van der Waals surface area (Å²) in [5.41, 5.74) is 3.06. The average Bonchev–Trinajstić information content (AvgIpc) is 2.49. The van der Waals surface area contributed by atoms with E-state index in [1.54, 1.807) is 0 Å². The smallest absolute Gasteiger partial charge is 0.0178 e. The van der Waals surface area contributed by atoms with E-state index in [9.17, 15) is 0 Å². The summed E-state index contributed by atoms with van der Waals surface area (Å²) in [6, 6.07) is 7.40. The molecule has 1 heterocycles. The fourth-order valence-corrected chi connectivity index (χ4v) is 3.80. The SMILES string of the molecule is CN1CCN(CCNC2CCc3cc(Br)ccc3C2)CC1. The van der Waals surface area contributed by atoms with Crippen LogP contribution in [-0.2, 0) is 12.8 Å². The highest BCUT2D eigenvalue weighted by Gasteiger charge is 2.19. The fraction of sp³-hybridized carbons (Fsp3) is 0.647. The standard InChI is InChI=1S/C17H26BrN3/c1-20-8-10-21(11-9-20)7-6-19-17-5-3-14-12-16(18)4-2-15(14)13-17/h2,4,12,17,19H,3,5-11,13H2,1H3. The number of likely N-dealkylation sites (N-methyl/N-ethyl adjacent to an activating group) is 1. The molecule has 1 N–H and O–H groups in total. The highest BCUT2D eigenvalue weighted by molar-refractivity contribution is 9.10. The third-order valence-corrected chi connectivity index (χ3v) is 5.35. The zero-order valence-corrected chi connectivity index (χ0v) is 14.5. The molecule has 1 aliphatic heterocycles. The van der Waals surface area contributed by atoms with E-state index in [1.165, 1.54) is 67.6 Å². The number of hydrogen-bond acceptors (Lipinski definition) is 3. The van der Waals surface area contributed by atoms with Crippen LogP contribution in [0.25, 0.3) is 0 Å². The highest BCUT2D eigenvalue weighted by Crippen LogP contribution is 2.24. The van der Waals surface area contributed by atoms with Crippen LogP contribution in [0.4, 0.5) is 0 Å². The summed E-state index contributed by atoms with van der Waals surface area (Å²) < 4.78 is 1.21. The molecule has 0 radical (unpaired) electrons. The molecule has 4 heteroatoms. The molecule has 2 aliphatic rings. The minimum absolute atomic E-state index is 0.658. The van der Waals surface area contributed by atoms with E-state index in [4.69, 9.17) is 0 Å². The summed E-state index contributed by atoms with van der Waals surface area (Å²) in [6.45, 7) is 7.19. The lowest BCUT2D eigenvalue weighted by Gasteiger charge is -2.33. The van der Waals surface area contributed by atoms with Crippen molar-refractivity contribution in [1.29, 1.82) is 0 Å². The summed E-state index contributed by atoms with van der Waals surface area (Å²) in [5.74, 6) is 0. The van der Waals surface area contributed by atoms with Crippen molar-refractivity contribution in [3.8, 4) is 0 Å². The number of aryl methyl sites for hydroxylation is 1. The van der Waals surface area contributed by atoms with Gasteiger partial charge in [0.15, 0.2) is 0 Å². The van der Waals surface area contributed by atoms with Crippen LogP contribution in [0, 0.1) is 0 Å². The molecular weight excluding hydrogens is 326 g/mol. The minimum Gasteiger partial charge on any atom is -0.312 e. The number of benzene rings is 1. The van der Waals surface area contributed by atoms with E-state index in [0.717, 1.165) is 6.54 Å². The Balaban J connectivity index is 1.42. The first-order chi connectivity index (χ1) is 10.2. The van der Waals surface area contributed by atoms with Crippen molar-refractivity contribution in [3.05, 3.63) is 33.8 Å². The summed E-state index contributed by atoms with van der Waals surface area (Å²) >= 11 is 3.57. The molecule has 1 fully saturated rings. The van der Waals surface area contributed by atoms with Crippen molar-refractivity contribution in [2.75, 3.05) is 46.3 Å². The first kappa shape index (κ1) is 15.5. The highest BCUT2D eigenvalue weighted by atomic mass is 79.9. The number of nitrogens with zero attached hydrogens (tertiary/aromatic N) is 2. The van der Waals surface area contributed by atoms with Crippen LogP contribution in [-0.4, -0.2) is 62.2 Å². The van der Waals surface area contributed by atoms with Gasteiger partial charge in [0.05, 0.1) is 0 Å². The molecule has 0 bridgehead atoms. The van der Waals surface area contributed by atoms with E-state index < -0.39 is 0 Å². The Morgan fingerprint density at radius 3 is 2.81 bits per heavy atom. The first-order valence-electron chi connectivity index (χ1n) is 8.12. The number of hydrogen-bond donors (Lipinski definition) is 1. The van der Waals surface area contributed by atoms with Gasteiger partial charge in [-0.15, -0.1) is 0 Å². The number of halogens is 1. The molecule has 21 heavy (non-hydrogen) atoms. The quantitative estimate of drug-likeness (QED) is 0.896. The molecule has 3 nitrogen and oxygen atoms in total. The molecule has 0 spiro atoms. The lowest BCUT2D eigenvalue weighted by Crippen LogP contribution is -2.47. The van der Waals surface area contributed by atoms with Gasteiger partial charge in [-0.1, -0.05) is 22.0 Å². The van der Waals surface area contributed by atoms with Gasteiger partial charge in [0.25, 0.3) is 0 Å². The zero-order chi connectivity index (χ0) is 14.7. The second kappa shape index (κ2) is 7.23. The van der Waals surface area contributed by atoms with Crippen molar-refractivity contribution in [3.63, 3.8) is 0 Å². The maximum atomic E-state index is 3.77. The Hall–Kier alpha value is -0.420. The third-order valence-electron chi connectivity index (χ3n) is 4.85. The van der Waals surface area contributed by atoms with Crippen LogP contribution in [0.15, 0.2) is 22.7 Å². The molecule has 0 amide bonds.